The summed E-state index contributed by atoms with van der Waals surface area (Å²) in [6.45, 7) is 12.0. The third-order valence-corrected chi connectivity index (χ3v) is 6.10. The number of anilines is 1. The summed E-state index contributed by atoms with van der Waals surface area (Å²) in [6.07, 6.45) is 0.841. The number of hydrogen-bond acceptors (Lipinski definition) is 3. The Morgan fingerprint density at radius 2 is 1.72 bits per heavy atom. The zero-order chi connectivity index (χ0) is 23.1. The van der Waals surface area contributed by atoms with E-state index in [1.807, 2.05) is 56.3 Å². The number of aryl methyl sites for hydroxylation is 2. The van der Waals surface area contributed by atoms with Crippen LogP contribution in [0.25, 0.3) is 10.9 Å². The first-order valence-corrected chi connectivity index (χ1v) is 11.4. The molecule has 1 heterocycles. The number of H-pyrrole nitrogens is 1. The number of nitrogens with zero attached hydrogens (tertiary/aromatic N) is 2. The highest BCUT2D eigenvalue weighted by molar-refractivity contribution is 5.89. The van der Waals surface area contributed by atoms with Crippen LogP contribution in [0.15, 0.2) is 53.3 Å². The van der Waals surface area contributed by atoms with Gasteiger partial charge in [0.2, 0.25) is 0 Å². The normalized spacial score (nSPS) is 11.2. The van der Waals surface area contributed by atoms with Gasteiger partial charge in [-0.1, -0.05) is 44.2 Å². The highest BCUT2D eigenvalue weighted by atomic mass is 16.2. The van der Waals surface area contributed by atoms with Crippen LogP contribution >= 0.6 is 0 Å². The molecule has 6 nitrogen and oxygen atoms in total. The fraction of sp³-hybridized carbons (Fsp3) is 0.385. The number of nitrogens with one attached hydrogen (secondary N) is 2. The Morgan fingerprint density at radius 1 is 1.00 bits per heavy atom. The Hall–Kier alpha value is -3.12. The molecule has 170 valence electrons. The Labute approximate surface area is 190 Å². The molecular weight excluding hydrogens is 400 g/mol. The summed E-state index contributed by atoms with van der Waals surface area (Å²) in [5.74, 6) is 0. The van der Waals surface area contributed by atoms with E-state index in [2.05, 4.69) is 35.1 Å². The molecule has 3 rings (SSSR count). The monoisotopic (exact) mass is 434 g/mol. The Morgan fingerprint density at radius 3 is 2.41 bits per heavy atom. The molecule has 32 heavy (non-hydrogen) atoms. The summed E-state index contributed by atoms with van der Waals surface area (Å²) in [6, 6.07) is 15.2. The van der Waals surface area contributed by atoms with Crippen molar-refractivity contribution in [1.29, 1.82) is 0 Å². The van der Waals surface area contributed by atoms with Crippen molar-refractivity contribution in [2.75, 3.05) is 31.5 Å². The quantitative estimate of drug-likeness (QED) is 0.503. The molecule has 1 aromatic heterocycles. The number of benzene rings is 2. The van der Waals surface area contributed by atoms with Crippen molar-refractivity contribution in [1.82, 2.24) is 14.8 Å². The Bertz CT molecular complexity index is 1100. The number of aromatic amines is 1. The van der Waals surface area contributed by atoms with Crippen molar-refractivity contribution < 1.29 is 4.79 Å². The molecule has 2 aromatic carbocycles. The minimum atomic E-state index is -0.199. The van der Waals surface area contributed by atoms with Gasteiger partial charge in [0.15, 0.2) is 0 Å². The third-order valence-electron chi connectivity index (χ3n) is 6.10. The summed E-state index contributed by atoms with van der Waals surface area (Å²) < 4.78 is 0. The first kappa shape index (κ1) is 23.5. The molecule has 2 N–H and O–H groups in total. The molecule has 0 fully saturated rings. The van der Waals surface area contributed by atoms with Crippen LogP contribution in [-0.4, -0.2) is 47.0 Å². The van der Waals surface area contributed by atoms with Crippen LogP contribution in [0.5, 0.6) is 0 Å². The molecule has 0 aliphatic heterocycles. The van der Waals surface area contributed by atoms with E-state index in [0.717, 1.165) is 53.8 Å². The molecule has 0 unspecified atom stereocenters. The zero-order valence-corrected chi connectivity index (χ0v) is 19.6. The summed E-state index contributed by atoms with van der Waals surface area (Å²) in [5, 5.41) is 3.94. The number of rotatable bonds is 9. The number of amides is 2. The lowest BCUT2D eigenvalue weighted by Gasteiger charge is -2.25. The van der Waals surface area contributed by atoms with Crippen molar-refractivity contribution in [3.05, 3.63) is 75.6 Å². The summed E-state index contributed by atoms with van der Waals surface area (Å²) in [4.78, 5) is 33.1. The van der Waals surface area contributed by atoms with E-state index in [-0.39, 0.29) is 18.1 Å². The van der Waals surface area contributed by atoms with Gasteiger partial charge >= 0.3 is 6.03 Å². The van der Waals surface area contributed by atoms with Gasteiger partial charge in [-0.3, -0.25) is 4.79 Å². The van der Waals surface area contributed by atoms with E-state index in [1.165, 1.54) is 0 Å². The van der Waals surface area contributed by atoms with Crippen LogP contribution in [0.1, 0.15) is 37.0 Å². The van der Waals surface area contributed by atoms with Crippen molar-refractivity contribution in [3.63, 3.8) is 0 Å². The van der Waals surface area contributed by atoms with Crippen LogP contribution < -0.4 is 10.9 Å². The lowest BCUT2D eigenvalue weighted by molar-refractivity contribution is 0.202. The van der Waals surface area contributed by atoms with Crippen LogP contribution in [0.4, 0.5) is 10.5 Å². The molecule has 0 saturated carbocycles. The fourth-order valence-corrected chi connectivity index (χ4v) is 3.89. The highest BCUT2D eigenvalue weighted by Gasteiger charge is 2.17. The Kier molecular flexibility index (Phi) is 8.06. The predicted molar refractivity (Wildman–Crippen MR) is 132 cm³/mol. The van der Waals surface area contributed by atoms with Gasteiger partial charge in [-0.25, -0.2) is 4.79 Å². The average molecular weight is 435 g/mol. The van der Waals surface area contributed by atoms with Crippen LogP contribution in [-0.2, 0) is 6.54 Å². The van der Waals surface area contributed by atoms with E-state index in [9.17, 15) is 9.59 Å². The molecule has 0 saturated heterocycles. The maximum absolute atomic E-state index is 13.1. The number of carbonyl (C=O) groups excluding carboxylic acids is 1. The van der Waals surface area contributed by atoms with Crippen molar-refractivity contribution >= 4 is 22.6 Å². The summed E-state index contributed by atoms with van der Waals surface area (Å²) in [7, 11) is 0. The molecular formula is C26H34N4O2. The largest absolute Gasteiger partial charge is 0.322 e. The van der Waals surface area contributed by atoms with Crippen LogP contribution in [0.3, 0.4) is 0 Å². The lowest BCUT2D eigenvalue weighted by atomic mass is 10.0. The van der Waals surface area contributed by atoms with E-state index >= 15 is 0 Å². The van der Waals surface area contributed by atoms with E-state index in [4.69, 9.17) is 0 Å². The highest BCUT2D eigenvalue weighted by Crippen LogP contribution is 2.19. The molecule has 0 spiro atoms. The Balaban J connectivity index is 1.83. The van der Waals surface area contributed by atoms with Crippen molar-refractivity contribution in [2.24, 2.45) is 0 Å². The zero-order valence-electron chi connectivity index (χ0n) is 19.6. The second kappa shape index (κ2) is 11.0. The molecule has 3 aromatic rings. The SMILES string of the molecule is CCN(CC)CCCN(Cc1cc2ccc(C)c(C)c2[nH]c1=O)C(=O)Nc1ccccc1. The molecule has 0 bridgehead atoms. The minimum absolute atomic E-state index is 0.146. The minimum Gasteiger partial charge on any atom is -0.321 e. The lowest BCUT2D eigenvalue weighted by Crippen LogP contribution is -2.38. The standard InChI is InChI=1S/C26H34N4O2/c1-5-29(6-2)15-10-16-30(26(32)27-23-11-8-7-9-12-23)18-22-17-21-14-13-19(3)20(4)24(21)28-25(22)31/h7-9,11-14,17H,5-6,10,15-16,18H2,1-4H3,(H,27,32)(H,28,31). The maximum atomic E-state index is 13.1. The fourth-order valence-electron chi connectivity index (χ4n) is 3.89. The van der Waals surface area contributed by atoms with Gasteiger partial charge in [-0.05, 0) is 74.6 Å². The maximum Gasteiger partial charge on any atom is 0.322 e. The number of pyridine rings is 1. The second-order valence-corrected chi connectivity index (χ2v) is 8.19. The number of carbonyl (C=O) groups is 1. The number of para-hydroxylation sites is 1. The van der Waals surface area contributed by atoms with Gasteiger partial charge in [-0.2, -0.15) is 0 Å². The molecule has 0 atom stereocenters. The van der Waals surface area contributed by atoms with Gasteiger partial charge in [0.05, 0.1) is 12.1 Å². The predicted octanol–water partition coefficient (Wildman–Crippen LogP) is 4.91. The first-order valence-electron chi connectivity index (χ1n) is 11.4. The summed E-state index contributed by atoms with van der Waals surface area (Å²) >= 11 is 0. The molecule has 2 amide bonds. The summed E-state index contributed by atoms with van der Waals surface area (Å²) in [5.41, 5.74) is 4.26. The number of hydrogen-bond donors (Lipinski definition) is 2. The average Bonchev–Trinajstić information content (AvgIpc) is 2.80. The molecule has 0 aliphatic rings. The van der Waals surface area contributed by atoms with Gasteiger partial charge in [-0.15, -0.1) is 0 Å². The van der Waals surface area contributed by atoms with Gasteiger partial charge in [0.25, 0.3) is 5.56 Å². The van der Waals surface area contributed by atoms with E-state index < -0.39 is 0 Å². The topological polar surface area (TPSA) is 68.4 Å². The van der Waals surface area contributed by atoms with Gasteiger partial charge < -0.3 is 20.1 Å². The number of aromatic nitrogens is 1. The van der Waals surface area contributed by atoms with Gasteiger partial charge in [0.1, 0.15) is 0 Å². The molecule has 0 aliphatic carbocycles. The molecule has 6 heteroatoms. The van der Waals surface area contributed by atoms with Gasteiger partial charge in [0, 0.05) is 17.8 Å². The van der Waals surface area contributed by atoms with Crippen LogP contribution in [0.2, 0.25) is 0 Å². The van der Waals surface area contributed by atoms with Crippen molar-refractivity contribution in [3.8, 4) is 0 Å². The second-order valence-electron chi connectivity index (χ2n) is 8.19. The van der Waals surface area contributed by atoms with Crippen molar-refractivity contribution in [2.45, 2.75) is 40.7 Å². The smallest absolute Gasteiger partial charge is 0.321 e. The first-order chi connectivity index (χ1) is 15.4. The third kappa shape index (κ3) is 5.77. The van der Waals surface area contributed by atoms with E-state index in [1.54, 1.807) is 4.90 Å². The number of urea groups is 1. The number of fused-ring (bicyclic) bond motifs is 1. The molecule has 0 radical (unpaired) electrons. The van der Waals surface area contributed by atoms with E-state index in [0.29, 0.717) is 12.1 Å². The van der Waals surface area contributed by atoms with Crippen LogP contribution in [0, 0.1) is 13.8 Å².